The van der Waals surface area contributed by atoms with Crippen molar-refractivity contribution in [2.45, 2.75) is 39.9 Å². The van der Waals surface area contributed by atoms with Crippen molar-refractivity contribution in [2.75, 3.05) is 0 Å². The summed E-state index contributed by atoms with van der Waals surface area (Å²) >= 11 is 0. The van der Waals surface area contributed by atoms with E-state index in [1.807, 2.05) is 94.3 Å². The Balaban J connectivity index is 0.000000199. The van der Waals surface area contributed by atoms with Crippen LogP contribution in [0, 0.1) is 0 Å². The van der Waals surface area contributed by atoms with Crippen LogP contribution in [0.4, 0.5) is 0 Å². The molecule has 6 rings (SSSR count). The number of imidazole rings is 2. The molecule has 0 atom stereocenters. The van der Waals surface area contributed by atoms with E-state index in [0.717, 1.165) is 34.1 Å². The molecule has 6 aromatic rings. The Morgan fingerprint density at radius 3 is 2.03 bits per heavy atom. The summed E-state index contributed by atoms with van der Waals surface area (Å²) in [5.41, 5.74) is 4.00. The Kier molecular flexibility index (Phi) is 12.1. The molecule has 0 spiro atoms. The number of nitrogens with zero attached hydrogens (tertiary/aromatic N) is 6. The first kappa shape index (κ1) is 29.8. The second-order valence-electron chi connectivity index (χ2n) is 8.30. The molecular weight excluding hydrogens is 500 g/mol. The molecule has 6 heterocycles. The van der Waals surface area contributed by atoms with Gasteiger partial charge in [-0.2, -0.15) is 12.4 Å². The number of rotatable bonds is 2. The zero-order valence-corrected chi connectivity index (χ0v) is 23.0. The van der Waals surface area contributed by atoms with Gasteiger partial charge in [-0.3, -0.25) is 0 Å². The van der Waals surface area contributed by atoms with Crippen molar-refractivity contribution in [1.29, 1.82) is 0 Å². The molecule has 37 heavy (non-hydrogen) atoms. The van der Waals surface area contributed by atoms with E-state index in [4.69, 9.17) is 0 Å². The molecule has 0 saturated heterocycles. The second-order valence-corrected chi connectivity index (χ2v) is 8.30. The summed E-state index contributed by atoms with van der Waals surface area (Å²) in [6.45, 7) is 6.44. The Labute approximate surface area is 231 Å². The maximum absolute atomic E-state index is 9.53. The van der Waals surface area contributed by atoms with Gasteiger partial charge in [0.15, 0.2) is 0 Å². The number of hydrogen-bond donors (Lipinski definition) is 0. The molecule has 0 aliphatic rings. The largest absolute Gasteiger partial charge is 4.00 e. The van der Waals surface area contributed by atoms with E-state index in [2.05, 4.69) is 19.9 Å². The topological polar surface area (TPSA) is 110 Å². The molecule has 0 fully saturated rings. The van der Waals surface area contributed by atoms with Crippen molar-refractivity contribution in [3.63, 3.8) is 0 Å². The van der Waals surface area contributed by atoms with E-state index in [1.54, 1.807) is 40.1 Å². The first-order valence-electron chi connectivity index (χ1n) is 11.7. The summed E-state index contributed by atoms with van der Waals surface area (Å²) in [6, 6.07) is 19.8. The van der Waals surface area contributed by atoms with E-state index >= 15 is 0 Å². The molecule has 0 radical (unpaired) electrons. The third kappa shape index (κ3) is 8.88. The molecule has 0 N–H and O–H groups in total. The van der Waals surface area contributed by atoms with Crippen LogP contribution in [0.25, 0.3) is 34.1 Å². The Morgan fingerprint density at radius 2 is 1.41 bits per heavy atom. The first-order chi connectivity index (χ1) is 17.4. The molecule has 0 aromatic carbocycles. The molecule has 0 amide bonds. The van der Waals surface area contributed by atoms with E-state index in [0.29, 0.717) is 0 Å². The smallest absolute Gasteiger partial charge is 0.852 e. The second kappa shape index (κ2) is 15.0. The summed E-state index contributed by atoms with van der Waals surface area (Å²) in [4.78, 5) is 17.1. The summed E-state index contributed by atoms with van der Waals surface area (Å²) in [6.07, 6.45) is 10.4. The molecule has 0 unspecified atom stereocenters. The van der Waals surface area contributed by atoms with Gasteiger partial charge in [0.05, 0.1) is 23.4 Å². The Morgan fingerprint density at radius 1 is 0.784 bits per heavy atom. The summed E-state index contributed by atoms with van der Waals surface area (Å²) in [5.74, 6) is 1.79. The van der Waals surface area contributed by atoms with Gasteiger partial charge in [0.25, 0.3) is 0 Å². The zero-order valence-electron chi connectivity index (χ0n) is 21.4. The van der Waals surface area contributed by atoms with Crippen molar-refractivity contribution in [1.82, 2.24) is 24.3 Å². The fraction of sp³-hybridized carbons (Fsp3) is 0.214. The molecule has 0 aliphatic heterocycles. The Hall–Kier alpha value is -3.43. The van der Waals surface area contributed by atoms with Crippen molar-refractivity contribution in [3.05, 3.63) is 97.8 Å². The van der Waals surface area contributed by atoms with E-state index in [1.165, 1.54) is 0 Å². The SMILES string of the molecule is CC(C)[O-].CC(C)[O-].[Ti+4].c1c[n-]c(-c2[n-]cc3cccc[n+]23)c1.c1c[n-]c(-c2ncc3ccccn23)c1. The van der Waals surface area contributed by atoms with Crippen LogP contribution < -0.4 is 29.6 Å². The average Bonchev–Trinajstić information content (AvgIpc) is 3.65. The van der Waals surface area contributed by atoms with Crippen LogP contribution in [-0.2, 0) is 21.7 Å². The number of hydrogen-bond acceptors (Lipinski definition) is 3. The zero-order chi connectivity index (χ0) is 25.9. The van der Waals surface area contributed by atoms with Crippen LogP contribution in [0.2, 0.25) is 0 Å². The van der Waals surface area contributed by atoms with Gasteiger partial charge in [0.2, 0.25) is 0 Å². The van der Waals surface area contributed by atoms with Crippen molar-refractivity contribution in [3.8, 4) is 23.0 Å². The molecule has 0 bridgehead atoms. The van der Waals surface area contributed by atoms with Gasteiger partial charge in [-0.05, 0) is 24.3 Å². The van der Waals surface area contributed by atoms with Crippen molar-refractivity contribution < 1.29 is 36.3 Å². The van der Waals surface area contributed by atoms with Crippen LogP contribution in [0.3, 0.4) is 0 Å². The van der Waals surface area contributed by atoms with Gasteiger partial charge in [0.1, 0.15) is 11.6 Å². The van der Waals surface area contributed by atoms with Crippen LogP contribution in [-0.4, -0.2) is 21.6 Å². The van der Waals surface area contributed by atoms with Gasteiger partial charge < -0.3 is 29.0 Å². The minimum Gasteiger partial charge on any atom is -0.852 e. The van der Waals surface area contributed by atoms with Gasteiger partial charge in [-0.25, -0.2) is 9.97 Å². The van der Waals surface area contributed by atoms with Crippen LogP contribution in [0.1, 0.15) is 27.7 Å². The van der Waals surface area contributed by atoms with Crippen LogP contribution in [0.5, 0.6) is 0 Å². The van der Waals surface area contributed by atoms with Crippen LogP contribution in [0.15, 0.2) is 97.8 Å². The molecule has 8 nitrogen and oxygen atoms in total. The molecular formula is C28H30N6O2Ti. The summed E-state index contributed by atoms with van der Waals surface area (Å²) < 4.78 is 4.06. The molecule has 188 valence electrons. The molecule has 0 saturated carbocycles. The van der Waals surface area contributed by atoms with Crippen molar-refractivity contribution in [2.24, 2.45) is 0 Å². The van der Waals surface area contributed by atoms with Crippen molar-refractivity contribution >= 4 is 11.0 Å². The summed E-state index contributed by atoms with van der Waals surface area (Å²) in [5, 5.41) is 19.1. The van der Waals surface area contributed by atoms with Gasteiger partial charge in [0, 0.05) is 12.4 Å². The number of aromatic nitrogens is 6. The standard InChI is InChI=1S/2C11H8N3.2C3H7O.Ti/c2*1-2-7-14-9(4-1)8-13-11(14)10-5-3-6-12-10;2*1-3(2)4;/h2*1-8H;2*3H,1-2H3;/q4*-1;+4. The third-order valence-corrected chi connectivity index (χ3v) is 4.44. The van der Waals surface area contributed by atoms with Gasteiger partial charge >= 0.3 is 21.7 Å². The number of fused-ring (bicyclic) bond motifs is 2. The quantitative estimate of drug-likeness (QED) is 0.251. The first-order valence-corrected chi connectivity index (χ1v) is 11.7. The Bertz CT molecular complexity index is 1300. The molecule has 6 aromatic heterocycles. The minimum atomic E-state index is -0.417. The monoisotopic (exact) mass is 530 g/mol. The third-order valence-electron chi connectivity index (χ3n) is 4.44. The minimum absolute atomic E-state index is 0. The predicted molar refractivity (Wildman–Crippen MR) is 136 cm³/mol. The number of pyridine rings is 2. The maximum Gasteiger partial charge on any atom is 4.00 e. The molecule has 0 aliphatic carbocycles. The van der Waals surface area contributed by atoms with Crippen LogP contribution >= 0.6 is 0 Å². The average molecular weight is 530 g/mol. The fourth-order valence-corrected chi connectivity index (χ4v) is 3.13. The maximum atomic E-state index is 9.53. The fourth-order valence-electron chi connectivity index (χ4n) is 3.13. The van der Waals surface area contributed by atoms with Gasteiger partial charge in [-0.15, -0.1) is 12.2 Å². The van der Waals surface area contributed by atoms with E-state index in [-0.39, 0.29) is 21.7 Å². The molecule has 9 heteroatoms. The normalized spacial score (nSPS) is 10.2. The van der Waals surface area contributed by atoms with E-state index < -0.39 is 12.2 Å². The summed E-state index contributed by atoms with van der Waals surface area (Å²) in [7, 11) is 0. The predicted octanol–water partition coefficient (Wildman–Crippen LogP) is 2.47. The van der Waals surface area contributed by atoms with E-state index in [9.17, 15) is 10.2 Å². The van der Waals surface area contributed by atoms with Gasteiger partial charge in [-0.1, -0.05) is 75.5 Å².